The molecule has 0 aliphatic carbocycles. The lowest BCUT2D eigenvalue weighted by atomic mass is 10.3. The first-order valence-electron chi connectivity index (χ1n) is 3.74. The Hall–Kier alpha value is -1.69. The summed E-state index contributed by atoms with van der Waals surface area (Å²) in [4.78, 5) is 17.7. The van der Waals surface area contributed by atoms with Gasteiger partial charge in [-0.05, 0) is 0 Å². The van der Waals surface area contributed by atoms with Crippen molar-refractivity contribution in [3.8, 4) is 0 Å². The van der Waals surface area contributed by atoms with Gasteiger partial charge in [-0.2, -0.15) is 5.10 Å². The lowest BCUT2D eigenvalue weighted by Gasteiger charge is -1.89. The zero-order chi connectivity index (χ0) is 9.42. The molecule has 2 rings (SSSR count). The molecule has 6 heteroatoms. The third-order valence-electron chi connectivity index (χ3n) is 1.85. The highest BCUT2D eigenvalue weighted by atomic mass is 16.3. The van der Waals surface area contributed by atoms with Crippen molar-refractivity contribution in [2.45, 2.75) is 6.61 Å². The summed E-state index contributed by atoms with van der Waals surface area (Å²) in [6.07, 6.45) is 1.31. The van der Waals surface area contributed by atoms with Gasteiger partial charge >= 0.3 is 0 Å². The average Bonchev–Trinajstić information content (AvgIpc) is 2.45. The fourth-order valence-electron chi connectivity index (χ4n) is 1.28. The van der Waals surface area contributed by atoms with Crippen LogP contribution in [0.1, 0.15) is 5.69 Å². The molecule has 0 saturated carbocycles. The summed E-state index contributed by atoms with van der Waals surface area (Å²) in [6, 6.07) is 0. The standard InChI is InChI=1S/C7H8N4O2/c1-11-6-5(4(2-12)10-11)7(13)9-3-8-6/h3,12H,2H2,1H3,(H,8,9,13). The number of hydrogen-bond acceptors (Lipinski definition) is 4. The second-order valence-corrected chi connectivity index (χ2v) is 2.66. The predicted octanol–water partition coefficient (Wildman–Crippen LogP) is -0.851. The zero-order valence-electron chi connectivity index (χ0n) is 6.98. The topological polar surface area (TPSA) is 83.8 Å². The Bertz CT molecular complexity index is 499. The van der Waals surface area contributed by atoms with Crippen LogP contribution in [0.2, 0.25) is 0 Å². The summed E-state index contributed by atoms with van der Waals surface area (Å²) in [6.45, 7) is -0.258. The van der Waals surface area contributed by atoms with Crippen molar-refractivity contribution in [3.63, 3.8) is 0 Å². The molecule has 0 aromatic carbocycles. The summed E-state index contributed by atoms with van der Waals surface area (Å²) in [5, 5.41) is 13.2. The van der Waals surface area contributed by atoms with E-state index in [1.165, 1.54) is 11.0 Å². The van der Waals surface area contributed by atoms with Crippen molar-refractivity contribution in [2.75, 3.05) is 0 Å². The molecule has 0 spiro atoms. The smallest absolute Gasteiger partial charge is 0.262 e. The molecule has 0 atom stereocenters. The molecule has 0 saturated heterocycles. The molecule has 0 aliphatic heterocycles. The van der Waals surface area contributed by atoms with E-state index in [-0.39, 0.29) is 12.2 Å². The molecule has 0 bridgehead atoms. The Balaban J connectivity index is 2.97. The summed E-state index contributed by atoms with van der Waals surface area (Å²) in [5.41, 5.74) is 0.557. The number of nitrogens with zero attached hydrogens (tertiary/aromatic N) is 3. The highest BCUT2D eigenvalue weighted by molar-refractivity contribution is 5.76. The van der Waals surface area contributed by atoms with Crippen molar-refractivity contribution >= 4 is 11.0 Å². The number of rotatable bonds is 1. The van der Waals surface area contributed by atoms with Crippen molar-refractivity contribution < 1.29 is 5.11 Å². The first-order valence-corrected chi connectivity index (χ1v) is 3.74. The Morgan fingerprint density at radius 2 is 2.46 bits per heavy atom. The van der Waals surface area contributed by atoms with Crippen molar-refractivity contribution in [1.29, 1.82) is 0 Å². The average molecular weight is 180 g/mol. The minimum absolute atomic E-state index is 0.258. The van der Waals surface area contributed by atoms with Crippen molar-refractivity contribution in [3.05, 3.63) is 22.4 Å². The maximum Gasteiger partial charge on any atom is 0.262 e. The van der Waals surface area contributed by atoms with Crippen LogP contribution in [0, 0.1) is 0 Å². The number of aliphatic hydroxyl groups excluding tert-OH is 1. The van der Waals surface area contributed by atoms with Gasteiger partial charge in [-0.3, -0.25) is 4.79 Å². The largest absolute Gasteiger partial charge is 0.390 e. The Morgan fingerprint density at radius 1 is 1.69 bits per heavy atom. The van der Waals surface area contributed by atoms with Gasteiger partial charge in [0.1, 0.15) is 11.1 Å². The Labute approximate surface area is 72.8 Å². The summed E-state index contributed by atoms with van der Waals surface area (Å²) >= 11 is 0. The van der Waals surface area contributed by atoms with E-state index in [0.717, 1.165) is 0 Å². The fraction of sp³-hybridized carbons (Fsp3) is 0.286. The van der Waals surface area contributed by atoms with Crippen LogP contribution in [-0.2, 0) is 13.7 Å². The summed E-state index contributed by atoms with van der Waals surface area (Å²) < 4.78 is 1.47. The number of aromatic nitrogens is 4. The number of aromatic amines is 1. The number of aliphatic hydroxyl groups is 1. The van der Waals surface area contributed by atoms with E-state index in [2.05, 4.69) is 15.1 Å². The number of hydrogen-bond donors (Lipinski definition) is 2. The van der Waals surface area contributed by atoms with E-state index in [4.69, 9.17) is 5.11 Å². The monoisotopic (exact) mass is 180 g/mol. The predicted molar refractivity (Wildman–Crippen MR) is 45.1 cm³/mol. The molecule has 2 aromatic heterocycles. The van der Waals surface area contributed by atoms with Crippen LogP contribution >= 0.6 is 0 Å². The van der Waals surface area contributed by atoms with Gasteiger partial charge in [-0.1, -0.05) is 0 Å². The molecule has 0 fully saturated rings. The minimum Gasteiger partial charge on any atom is -0.390 e. The van der Waals surface area contributed by atoms with Gasteiger partial charge in [0.15, 0.2) is 5.65 Å². The molecular weight excluding hydrogens is 172 g/mol. The van der Waals surface area contributed by atoms with Gasteiger partial charge in [0, 0.05) is 7.05 Å². The molecule has 6 nitrogen and oxygen atoms in total. The van der Waals surface area contributed by atoms with E-state index in [1.807, 2.05) is 0 Å². The maximum atomic E-state index is 11.3. The van der Waals surface area contributed by atoms with Gasteiger partial charge in [0.05, 0.1) is 12.9 Å². The molecule has 13 heavy (non-hydrogen) atoms. The molecule has 68 valence electrons. The number of fused-ring (bicyclic) bond motifs is 1. The third kappa shape index (κ3) is 1.03. The summed E-state index contributed by atoms with van der Waals surface area (Å²) in [7, 11) is 1.67. The third-order valence-corrected chi connectivity index (χ3v) is 1.85. The van der Waals surface area contributed by atoms with Crippen molar-refractivity contribution in [1.82, 2.24) is 19.7 Å². The quantitative estimate of drug-likeness (QED) is 0.598. The van der Waals surface area contributed by atoms with Crippen LogP contribution in [0.25, 0.3) is 11.0 Å². The van der Waals surface area contributed by atoms with Gasteiger partial charge in [0.2, 0.25) is 0 Å². The maximum absolute atomic E-state index is 11.3. The molecule has 0 aliphatic rings. The number of nitrogens with one attached hydrogen (secondary N) is 1. The molecule has 0 amide bonds. The van der Waals surface area contributed by atoms with Gasteiger partial charge < -0.3 is 10.1 Å². The van der Waals surface area contributed by atoms with E-state index >= 15 is 0 Å². The normalized spacial score (nSPS) is 10.9. The highest BCUT2D eigenvalue weighted by Gasteiger charge is 2.11. The summed E-state index contributed by atoms with van der Waals surface area (Å²) in [5.74, 6) is 0. The first kappa shape index (κ1) is 7.93. The lowest BCUT2D eigenvalue weighted by molar-refractivity contribution is 0.277. The van der Waals surface area contributed by atoms with Crippen LogP contribution in [0.4, 0.5) is 0 Å². The molecule has 2 heterocycles. The Kier molecular flexibility index (Phi) is 1.63. The highest BCUT2D eigenvalue weighted by Crippen LogP contribution is 2.09. The van der Waals surface area contributed by atoms with Crippen LogP contribution in [0.3, 0.4) is 0 Å². The van der Waals surface area contributed by atoms with Gasteiger partial charge in [0.25, 0.3) is 5.56 Å². The first-order chi connectivity index (χ1) is 6.24. The van der Waals surface area contributed by atoms with E-state index in [0.29, 0.717) is 16.7 Å². The molecule has 2 aromatic rings. The van der Waals surface area contributed by atoms with Gasteiger partial charge in [-0.15, -0.1) is 0 Å². The van der Waals surface area contributed by atoms with Crippen LogP contribution in [0.15, 0.2) is 11.1 Å². The lowest BCUT2D eigenvalue weighted by Crippen LogP contribution is -2.07. The van der Waals surface area contributed by atoms with E-state index < -0.39 is 0 Å². The second kappa shape index (κ2) is 2.67. The molecule has 0 unspecified atom stereocenters. The molecule has 2 N–H and O–H groups in total. The molecule has 0 radical (unpaired) electrons. The fourth-order valence-corrected chi connectivity index (χ4v) is 1.28. The minimum atomic E-state index is -0.276. The van der Waals surface area contributed by atoms with Gasteiger partial charge in [-0.25, -0.2) is 9.67 Å². The van der Waals surface area contributed by atoms with E-state index in [1.54, 1.807) is 7.05 Å². The molecular formula is C7H8N4O2. The Morgan fingerprint density at radius 3 is 3.15 bits per heavy atom. The van der Waals surface area contributed by atoms with E-state index in [9.17, 15) is 4.79 Å². The number of H-pyrrole nitrogens is 1. The van der Waals surface area contributed by atoms with Crippen LogP contribution < -0.4 is 5.56 Å². The zero-order valence-corrected chi connectivity index (χ0v) is 6.98. The number of aryl methyl sites for hydroxylation is 1. The second-order valence-electron chi connectivity index (χ2n) is 2.66. The SMILES string of the molecule is Cn1nc(CO)c2c(=O)[nH]cnc21. The van der Waals surface area contributed by atoms with Crippen LogP contribution in [0.5, 0.6) is 0 Å². The van der Waals surface area contributed by atoms with Crippen molar-refractivity contribution in [2.24, 2.45) is 7.05 Å². The van der Waals surface area contributed by atoms with Crippen LogP contribution in [-0.4, -0.2) is 24.9 Å².